The van der Waals surface area contributed by atoms with Gasteiger partial charge in [0.2, 0.25) is 17.6 Å². The third-order valence-electron chi connectivity index (χ3n) is 4.32. The minimum atomic E-state index is -0.407. The average Bonchev–Trinajstić information content (AvgIpc) is 3.08. The van der Waals surface area contributed by atoms with Gasteiger partial charge in [-0.05, 0) is 42.5 Å². The Morgan fingerprint density at radius 2 is 2.07 bits per heavy atom. The summed E-state index contributed by atoms with van der Waals surface area (Å²) in [6.07, 6.45) is 0.287. The number of halogens is 1. The minimum Gasteiger partial charge on any atom is -0.497 e. The van der Waals surface area contributed by atoms with Gasteiger partial charge in [0, 0.05) is 18.5 Å². The first kappa shape index (κ1) is 17.0. The molecule has 0 atom stereocenters. The number of anilines is 2. The Kier molecular flexibility index (Phi) is 4.45. The Labute approximate surface area is 154 Å². The second-order valence-electron chi connectivity index (χ2n) is 6.12. The lowest BCUT2D eigenvalue weighted by Crippen LogP contribution is -2.24. The summed E-state index contributed by atoms with van der Waals surface area (Å²) in [6, 6.07) is 11.6. The average molecular weight is 368 g/mol. The first-order chi connectivity index (χ1) is 13.1. The molecule has 0 bridgehead atoms. The number of nitrogens with one attached hydrogen (secondary N) is 1. The molecule has 0 spiro atoms. The summed E-state index contributed by atoms with van der Waals surface area (Å²) < 4.78 is 24.0. The van der Waals surface area contributed by atoms with E-state index >= 15 is 0 Å². The minimum absolute atomic E-state index is 0.159. The van der Waals surface area contributed by atoms with E-state index in [2.05, 4.69) is 15.5 Å². The van der Waals surface area contributed by atoms with Crippen molar-refractivity contribution >= 4 is 17.3 Å². The van der Waals surface area contributed by atoms with Crippen LogP contribution in [-0.4, -0.2) is 29.7 Å². The first-order valence-electron chi connectivity index (χ1n) is 8.44. The van der Waals surface area contributed by atoms with Crippen molar-refractivity contribution in [3.05, 3.63) is 54.2 Å². The molecule has 0 saturated heterocycles. The predicted molar refractivity (Wildman–Crippen MR) is 97.0 cm³/mol. The summed E-state index contributed by atoms with van der Waals surface area (Å²) in [6.45, 7) is 0.779. The Morgan fingerprint density at radius 3 is 2.85 bits per heavy atom. The summed E-state index contributed by atoms with van der Waals surface area (Å²) >= 11 is 0. The molecule has 138 valence electrons. The largest absolute Gasteiger partial charge is 0.497 e. The quantitative estimate of drug-likeness (QED) is 0.762. The second-order valence-corrected chi connectivity index (χ2v) is 6.12. The first-order valence-corrected chi connectivity index (χ1v) is 8.44. The van der Waals surface area contributed by atoms with Gasteiger partial charge in [0.05, 0.1) is 25.0 Å². The van der Waals surface area contributed by atoms with Crippen molar-refractivity contribution in [3.63, 3.8) is 0 Å². The second kappa shape index (κ2) is 7.06. The zero-order valence-electron chi connectivity index (χ0n) is 14.6. The van der Waals surface area contributed by atoms with E-state index in [0.717, 1.165) is 11.3 Å². The van der Waals surface area contributed by atoms with Gasteiger partial charge in [-0.3, -0.25) is 4.79 Å². The molecule has 1 amide bonds. The molecule has 1 aromatic heterocycles. The molecule has 7 nitrogen and oxygen atoms in total. The number of hydrogen-bond donors (Lipinski definition) is 1. The maximum absolute atomic E-state index is 13.5. The Bertz CT molecular complexity index is 971. The van der Waals surface area contributed by atoms with Crippen LogP contribution in [0, 0.1) is 5.82 Å². The van der Waals surface area contributed by atoms with Gasteiger partial charge in [0.1, 0.15) is 11.6 Å². The summed E-state index contributed by atoms with van der Waals surface area (Å²) in [5, 5.41) is 6.74. The van der Waals surface area contributed by atoms with Crippen LogP contribution < -0.4 is 15.0 Å². The van der Waals surface area contributed by atoms with Crippen molar-refractivity contribution in [2.45, 2.75) is 13.0 Å². The fourth-order valence-electron chi connectivity index (χ4n) is 2.96. The number of amides is 1. The Balaban J connectivity index is 1.57. The highest BCUT2D eigenvalue weighted by Gasteiger charge is 2.22. The Hall–Kier alpha value is -3.42. The van der Waals surface area contributed by atoms with Gasteiger partial charge in [0.25, 0.3) is 0 Å². The van der Waals surface area contributed by atoms with Gasteiger partial charge in [-0.15, -0.1) is 0 Å². The van der Waals surface area contributed by atoms with Gasteiger partial charge in [-0.25, -0.2) is 4.39 Å². The molecule has 2 heterocycles. The molecule has 1 aliphatic rings. The van der Waals surface area contributed by atoms with Crippen LogP contribution in [0.4, 0.5) is 15.8 Å². The zero-order chi connectivity index (χ0) is 18.8. The van der Waals surface area contributed by atoms with Gasteiger partial charge in [-0.1, -0.05) is 5.16 Å². The fraction of sp³-hybridized carbons (Fsp3) is 0.211. The van der Waals surface area contributed by atoms with Crippen molar-refractivity contribution in [2.24, 2.45) is 0 Å². The number of fused-ring (bicyclic) bond motifs is 1. The van der Waals surface area contributed by atoms with Crippen LogP contribution in [0.15, 0.2) is 47.0 Å². The van der Waals surface area contributed by atoms with E-state index < -0.39 is 5.82 Å². The SMILES string of the molecule is COc1ccc(-c2noc(CN3CCC(=O)Nc4cc(F)ccc43)n2)cc1. The highest BCUT2D eigenvalue weighted by Crippen LogP contribution is 2.31. The summed E-state index contributed by atoms with van der Waals surface area (Å²) in [5.41, 5.74) is 1.96. The molecule has 27 heavy (non-hydrogen) atoms. The van der Waals surface area contributed by atoms with E-state index in [1.54, 1.807) is 13.2 Å². The predicted octanol–water partition coefficient (Wildman–Crippen LogP) is 3.23. The molecule has 0 unspecified atom stereocenters. The number of hydrogen-bond acceptors (Lipinski definition) is 6. The van der Waals surface area contributed by atoms with Crippen molar-refractivity contribution in [1.29, 1.82) is 0 Å². The molecule has 1 N–H and O–H groups in total. The summed E-state index contributed by atoms with van der Waals surface area (Å²) in [7, 11) is 1.60. The molecule has 3 aromatic rings. The molecule has 1 aliphatic heterocycles. The number of benzene rings is 2. The standard InChI is InChI=1S/C19H17FN4O3/c1-26-14-5-2-12(3-6-14)19-22-18(27-23-19)11-24-9-8-17(25)21-15-10-13(20)4-7-16(15)24/h2-7,10H,8-9,11H2,1H3,(H,21,25). The zero-order valence-corrected chi connectivity index (χ0v) is 14.6. The van der Waals surface area contributed by atoms with E-state index in [1.807, 2.05) is 29.2 Å². The number of rotatable bonds is 4. The van der Waals surface area contributed by atoms with E-state index in [-0.39, 0.29) is 12.3 Å². The van der Waals surface area contributed by atoms with E-state index in [1.165, 1.54) is 12.1 Å². The van der Waals surface area contributed by atoms with Crippen molar-refractivity contribution < 1.29 is 18.4 Å². The van der Waals surface area contributed by atoms with Gasteiger partial charge >= 0.3 is 0 Å². The molecule has 0 saturated carbocycles. The monoisotopic (exact) mass is 368 g/mol. The fourth-order valence-corrected chi connectivity index (χ4v) is 2.96. The smallest absolute Gasteiger partial charge is 0.246 e. The molecule has 2 aromatic carbocycles. The van der Waals surface area contributed by atoms with Crippen LogP contribution in [0.25, 0.3) is 11.4 Å². The molecule has 4 rings (SSSR count). The van der Waals surface area contributed by atoms with Gasteiger partial charge < -0.3 is 19.5 Å². The lowest BCUT2D eigenvalue weighted by Gasteiger charge is -2.22. The highest BCUT2D eigenvalue weighted by atomic mass is 19.1. The molecular weight excluding hydrogens is 351 g/mol. The normalized spacial score (nSPS) is 13.7. The summed E-state index contributed by atoms with van der Waals surface area (Å²) in [5.74, 6) is 1.05. The van der Waals surface area contributed by atoms with Crippen molar-refractivity contribution in [1.82, 2.24) is 10.1 Å². The Morgan fingerprint density at radius 1 is 1.26 bits per heavy atom. The third-order valence-corrected chi connectivity index (χ3v) is 4.32. The number of carbonyl (C=O) groups is 1. The summed E-state index contributed by atoms with van der Waals surface area (Å²) in [4.78, 5) is 18.2. The number of ether oxygens (including phenoxy) is 1. The number of aromatic nitrogens is 2. The molecule has 8 heteroatoms. The highest BCUT2D eigenvalue weighted by molar-refractivity contribution is 5.96. The van der Waals surface area contributed by atoms with Gasteiger partial charge in [-0.2, -0.15) is 4.98 Å². The lowest BCUT2D eigenvalue weighted by molar-refractivity contribution is -0.115. The maximum Gasteiger partial charge on any atom is 0.246 e. The van der Waals surface area contributed by atoms with E-state index in [9.17, 15) is 9.18 Å². The van der Waals surface area contributed by atoms with Crippen LogP contribution in [0.3, 0.4) is 0 Å². The molecule has 0 fully saturated rings. The molecule has 0 radical (unpaired) electrons. The number of carbonyl (C=O) groups excluding carboxylic acids is 1. The van der Waals surface area contributed by atoms with Crippen molar-refractivity contribution in [3.8, 4) is 17.1 Å². The van der Waals surface area contributed by atoms with E-state index in [0.29, 0.717) is 36.2 Å². The van der Waals surface area contributed by atoms with Crippen LogP contribution in [0.2, 0.25) is 0 Å². The topological polar surface area (TPSA) is 80.5 Å². The maximum atomic E-state index is 13.5. The van der Waals surface area contributed by atoms with Crippen LogP contribution in [0.1, 0.15) is 12.3 Å². The molecular formula is C19H17FN4O3. The number of nitrogens with zero attached hydrogens (tertiary/aromatic N) is 3. The van der Waals surface area contributed by atoms with Crippen LogP contribution >= 0.6 is 0 Å². The molecule has 0 aliphatic carbocycles. The van der Waals surface area contributed by atoms with Crippen LogP contribution in [0.5, 0.6) is 5.75 Å². The lowest BCUT2D eigenvalue weighted by atomic mass is 10.2. The number of methoxy groups -OCH3 is 1. The third kappa shape index (κ3) is 3.59. The van der Waals surface area contributed by atoms with Crippen molar-refractivity contribution in [2.75, 3.05) is 23.9 Å². The van der Waals surface area contributed by atoms with Crippen LogP contribution in [-0.2, 0) is 11.3 Å². The van der Waals surface area contributed by atoms with E-state index in [4.69, 9.17) is 9.26 Å². The van der Waals surface area contributed by atoms with Gasteiger partial charge in [0.15, 0.2) is 0 Å².